The molecule has 1 amide bonds. The summed E-state index contributed by atoms with van der Waals surface area (Å²) in [5.74, 6) is 1.28. The van der Waals surface area contributed by atoms with Crippen molar-refractivity contribution in [1.29, 1.82) is 0 Å². The van der Waals surface area contributed by atoms with Crippen LogP contribution in [0.2, 0.25) is 0 Å². The number of aromatic nitrogens is 2. The fourth-order valence-electron chi connectivity index (χ4n) is 4.27. The Balaban J connectivity index is 1.43. The fraction of sp³-hybridized carbons (Fsp3) is 0.333. The second kappa shape index (κ2) is 8.62. The van der Waals surface area contributed by atoms with E-state index in [-0.39, 0.29) is 10.8 Å². The molecule has 2 aromatic carbocycles. The lowest BCUT2D eigenvalue weighted by atomic mass is 10.1. The van der Waals surface area contributed by atoms with Crippen molar-refractivity contribution in [2.24, 2.45) is 0 Å². The van der Waals surface area contributed by atoms with Gasteiger partial charge in [-0.25, -0.2) is 13.1 Å². The molecule has 0 unspecified atom stereocenters. The molecule has 2 aliphatic rings. The van der Waals surface area contributed by atoms with Gasteiger partial charge in [-0.3, -0.25) is 4.79 Å². The first-order chi connectivity index (χ1) is 15.8. The summed E-state index contributed by atoms with van der Waals surface area (Å²) in [5, 5.41) is 7.68. The number of carbonyl (C=O) groups excluding carboxylic acids is 1. The van der Waals surface area contributed by atoms with Crippen LogP contribution in [0.1, 0.15) is 45.7 Å². The first-order valence-corrected chi connectivity index (χ1v) is 13.6. The van der Waals surface area contributed by atoms with Gasteiger partial charge in [0.25, 0.3) is 5.91 Å². The molecule has 3 heterocycles. The van der Waals surface area contributed by atoms with E-state index in [9.17, 15) is 13.2 Å². The predicted octanol–water partition coefficient (Wildman–Crippen LogP) is 4.27. The molecule has 33 heavy (non-hydrogen) atoms. The number of nitrogens with zero attached hydrogens (tertiary/aromatic N) is 3. The second-order valence-electron chi connectivity index (χ2n) is 8.54. The van der Waals surface area contributed by atoms with E-state index in [1.54, 1.807) is 40.7 Å². The van der Waals surface area contributed by atoms with Gasteiger partial charge in [0.1, 0.15) is 5.69 Å². The maximum absolute atomic E-state index is 13.4. The summed E-state index contributed by atoms with van der Waals surface area (Å²) in [6, 6.07) is 12.5. The van der Waals surface area contributed by atoms with Gasteiger partial charge in [-0.15, -0.1) is 0 Å². The van der Waals surface area contributed by atoms with Crippen molar-refractivity contribution in [3.63, 3.8) is 0 Å². The zero-order chi connectivity index (χ0) is 23.2. The molecule has 0 radical (unpaired) electrons. The van der Waals surface area contributed by atoms with Crippen molar-refractivity contribution >= 4 is 33.4 Å². The predicted molar refractivity (Wildman–Crippen MR) is 130 cm³/mol. The molecule has 0 atom stereocenters. The summed E-state index contributed by atoms with van der Waals surface area (Å²) in [6.45, 7) is 5.22. The lowest BCUT2D eigenvalue weighted by Crippen LogP contribution is -2.27. The molecule has 3 aromatic rings. The first kappa shape index (κ1) is 22.2. The van der Waals surface area contributed by atoms with E-state index in [1.807, 2.05) is 25.1 Å². The maximum atomic E-state index is 13.4. The van der Waals surface area contributed by atoms with Gasteiger partial charge in [-0.2, -0.15) is 21.2 Å². The van der Waals surface area contributed by atoms with Gasteiger partial charge in [0.2, 0.25) is 10.0 Å². The van der Waals surface area contributed by atoms with Gasteiger partial charge in [0, 0.05) is 35.8 Å². The Bertz CT molecular complexity index is 1320. The van der Waals surface area contributed by atoms with Crippen molar-refractivity contribution < 1.29 is 13.2 Å². The van der Waals surface area contributed by atoms with Crippen molar-refractivity contribution in [2.75, 3.05) is 18.4 Å². The van der Waals surface area contributed by atoms with E-state index in [4.69, 9.17) is 5.10 Å². The molecule has 0 aliphatic carbocycles. The number of fused-ring (bicyclic) bond motifs is 1. The highest BCUT2D eigenvalue weighted by atomic mass is 32.2. The number of aryl methyl sites for hydroxylation is 2. The molecule has 0 bridgehead atoms. The number of nitrogens with one attached hydrogen (secondary N) is 1. The molecule has 0 spiro atoms. The van der Waals surface area contributed by atoms with E-state index in [1.165, 1.54) is 9.87 Å². The minimum Gasteiger partial charge on any atom is -0.321 e. The van der Waals surface area contributed by atoms with E-state index in [0.717, 1.165) is 46.9 Å². The van der Waals surface area contributed by atoms with Crippen LogP contribution in [0.4, 0.5) is 5.69 Å². The van der Waals surface area contributed by atoms with Crippen LogP contribution >= 0.6 is 11.8 Å². The number of rotatable bonds is 5. The molecule has 1 N–H and O–H groups in total. The number of carbonyl (C=O) groups is 1. The van der Waals surface area contributed by atoms with Crippen LogP contribution in [0, 0.1) is 13.8 Å². The number of anilines is 1. The van der Waals surface area contributed by atoms with Crippen LogP contribution in [0.3, 0.4) is 0 Å². The third kappa shape index (κ3) is 4.09. The molecular weight excluding hydrogens is 456 g/mol. The average molecular weight is 483 g/mol. The van der Waals surface area contributed by atoms with Gasteiger partial charge in [0.15, 0.2) is 0 Å². The molecule has 172 valence electrons. The molecule has 5 rings (SSSR count). The van der Waals surface area contributed by atoms with Crippen LogP contribution < -0.4 is 5.32 Å². The number of hydrogen-bond acceptors (Lipinski definition) is 5. The highest BCUT2D eigenvalue weighted by Gasteiger charge is 2.29. The van der Waals surface area contributed by atoms with Crippen molar-refractivity contribution in [3.8, 4) is 5.69 Å². The standard InChI is InChI=1S/C24H26N4O3S2/c1-16-5-8-19(13-17(16)2)28-23(21-14-32-15-22(21)26-28)24(29)25-18-6-9-20(10-7-18)33(30,31)27-11-3-4-12-27/h5-10,13H,3-4,11-12,14-15H2,1-2H3,(H,25,29). The Hall–Kier alpha value is -2.62. The monoisotopic (exact) mass is 482 g/mol. The van der Waals surface area contributed by atoms with Gasteiger partial charge in [-0.1, -0.05) is 6.07 Å². The summed E-state index contributed by atoms with van der Waals surface area (Å²) < 4.78 is 28.8. The summed E-state index contributed by atoms with van der Waals surface area (Å²) in [5.41, 5.74) is 6.16. The zero-order valence-electron chi connectivity index (χ0n) is 18.7. The van der Waals surface area contributed by atoms with Gasteiger partial charge in [-0.05, 0) is 74.2 Å². The van der Waals surface area contributed by atoms with Crippen LogP contribution in [-0.4, -0.2) is 41.5 Å². The quantitative estimate of drug-likeness (QED) is 0.587. The van der Waals surface area contributed by atoms with Gasteiger partial charge >= 0.3 is 0 Å². The molecule has 9 heteroatoms. The minimum absolute atomic E-state index is 0.250. The second-order valence-corrected chi connectivity index (χ2v) is 11.5. The van der Waals surface area contributed by atoms with Crippen molar-refractivity contribution in [2.45, 2.75) is 43.1 Å². The number of benzene rings is 2. The Labute approximate surface area is 198 Å². The van der Waals surface area contributed by atoms with E-state index < -0.39 is 10.0 Å². The molecular formula is C24H26N4O3S2. The Morgan fingerprint density at radius 1 is 1.00 bits per heavy atom. The lowest BCUT2D eigenvalue weighted by Gasteiger charge is -2.16. The first-order valence-electron chi connectivity index (χ1n) is 11.0. The number of hydrogen-bond donors (Lipinski definition) is 1. The summed E-state index contributed by atoms with van der Waals surface area (Å²) in [7, 11) is -3.48. The summed E-state index contributed by atoms with van der Waals surface area (Å²) in [4.78, 5) is 13.6. The van der Waals surface area contributed by atoms with Crippen LogP contribution in [0.25, 0.3) is 5.69 Å². The summed E-state index contributed by atoms with van der Waals surface area (Å²) in [6.07, 6.45) is 1.79. The lowest BCUT2D eigenvalue weighted by molar-refractivity contribution is 0.101. The maximum Gasteiger partial charge on any atom is 0.274 e. The molecule has 7 nitrogen and oxygen atoms in total. The fourth-order valence-corrected chi connectivity index (χ4v) is 6.82. The molecule has 1 saturated heterocycles. The van der Waals surface area contributed by atoms with E-state index in [0.29, 0.717) is 24.5 Å². The summed E-state index contributed by atoms with van der Waals surface area (Å²) >= 11 is 1.75. The van der Waals surface area contributed by atoms with Gasteiger partial charge in [0.05, 0.1) is 16.3 Å². The van der Waals surface area contributed by atoms with Gasteiger partial charge < -0.3 is 5.32 Å². The topological polar surface area (TPSA) is 84.3 Å². The Kier molecular flexibility index (Phi) is 5.80. The van der Waals surface area contributed by atoms with Crippen molar-refractivity contribution in [3.05, 3.63) is 70.5 Å². The molecule has 2 aliphatic heterocycles. The molecule has 0 saturated carbocycles. The van der Waals surface area contributed by atoms with Crippen LogP contribution in [0.5, 0.6) is 0 Å². The van der Waals surface area contributed by atoms with E-state index >= 15 is 0 Å². The van der Waals surface area contributed by atoms with Crippen LogP contribution in [-0.2, 0) is 21.5 Å². The number of thioether (sulfide) groups is 1. The molecule has 1 aromatic heterocycles. The normalized spacial score (nSPS) is 16.2. The number of sulfonamides is 1. The van der Waals surface area contributed by atoms with Crippen molar-refractivity contribution in [1.82, 2.24) is 14.1 Å². The highest BCUT2D eigenvalue weighted by Crippen LogP contribution is 2.34. The average Bonchev–Trinajstić information content (AvgIpc) is 3.53. The Morgan fingerprint density at radius 3 is 2.42 bits per heavy atom. The van der Waals surface area contributed by atoms with Crippen LogP contribution in [0.15, 0.2) is 47.4 Å². The third-order valence-electron chi connectivity index (χ3n) is 6.32. The smallest absolute Gasteiger partial charge is 0.274 e. The third-order valence-corrected chi connectivity index (χ3v) is 9.20. The highest BCUT2D eigenvalue weighted by molar-refractivity contribution is 7.98. The molecule has 1 fully saturated rings. The Morgan fingerprint density at radius 2 is 1.73 bits per heavy atom. The SMILES string of the molecule is Cc1ccc(-n2nc3c(c2C(=O)Nc2ccc(S(=O)(=O)N4CCCC4)cc2)CSC3)cc1C. The minimum atomic E-state index is -3.48. The van der Waals surface area contributed by atoms with E-state index in [2.05, 4.69) is 12.2 Å². The number of amides is 1. The largest absolute Gasteiger partial charge is 0.321 e. The zero-order valence-corrected chi connectivity index (χ0v) is 20.3.